The highest BCUT2D eigenvalue weighted by Crippen LogP contribution is 2.29. The predicted molar refractivity (Wildman–Crippen MR) is 207 cm³/mol. The Labute approximate surface area is 339 Å². The molecule has 0 radical (unpaired) electrons. The van der Waals surface area contributed by atoms with Crippen LogP contribution in [0.5, 0.6) is 5.75 Å². The van der Waals surface area contributed by atoms with Crippen molar-refractivity contribution in [1.29, 1.82) is 0 Å². The molecule has 0 saturated heterocycles. The van der Waals surface area contributed by atoms with E-state index in [9.17, 15) is 37.5 Å². The van der Waals surface area contributed by atoms with Crippen molar-refractivity contribution in [3.05, 3.63) is 113 Å². The SMILES string of the molecule is CCOc1cc(C(=O)N(CC(=O)OC)CC(=O)OC)cc(-c2ccc(C(=O)NCNC(=O)[C@H](CCc3ccc(F)cc3F)[C@@H](CC)C(=O)NOCc3ccccc3)o2)c1. The second kappa shape index (κ2) is 22.4. The van der Waals surface area contributed by atoms with E-state index in [0.29, 0.717) is 5.56 Å². The zero-order valence-corrected chi connectivity index (χ0v) is 33.0. The lowest BCUT2D eigenvalue weighted by Crippen LogP contribution is -2.45. The number of methoxy groups -OCH3 is 2. The van der Waals surface area contributed by atoms with E-state index in [1.807, 2.05) is 30.3 Å². The van der Waals surface area contributed by atoms with Crippen molar-refractivity contribution < 1.29 is 61.0 Å². The molecule has 0 saturated carbocycles. The third kappa shape index (κ3) is 13.2. The summed E-state index contributed by atoms with van der Waals surface area (Å²) in [5.74, 6) is -7.38. The number of furan rings is 1. The Hall–Kier alpha value is -6.62. The summed E-state index contributed by atoms with van der Waals surface area (Å²) in [6, 6.07) is 19.5. The van der Waals surface area contributed by atoms with Crippen LogP contribution in [0.4, 0.5) is 8.78 Å². The summed E-state index contributed by atoms with van der Waals surface area (Å²) < 4.78 is 48.9. The average Bonchev–Trinajstić information content (AvgIpc) is 3.73. The van der Waals surface area contributed by atoms with Crippen LogP contribution in [0.3, 0.4) is 0 Å². The Morgan fingerprint density at radius 3 is 2.15 bits per heavy atom. The number of nitrogens with zero attached hydrogens (tertiary/aromatic N) is 1. The molecule has 0 aliphatic rings. The molecule has 314 valence electrons. The number of halogens is 2. The maximum Gasteiger partial charge on any atom is 0.325 e. The molecule has 0 aliphatic carbocycles. The van der Waals surface area contributed by atoms with Crippen LogP contribution in [0.25, 0.3) is 11.3 Å². The summed E-state index contributed by atoms with van der Waals surface area (Å²) in [7, 11) is 2.28. The topological polar surface area (TPSA) is 192 Å². The second-order valence-electron chi connectivity index (χ2n) is 13.0. The standard InChI is InChI=1S/C42H46F2N4O11/c1-5-32(40(52)47-58-24-26-10-8-7-9-11-26)33(15-13-27-12-14-30(43)21-34(27)44)39(51)45-25-46-41(53)36-17-16-35(59-36)28-18-29(20-31(19-28)57-6-2)42(54)48(22-37(49)55-3)23-38(50)56-4/h7-12,14,16-21,32-33H,5-6,13,15,22-25H2,1-4H3,(H,45,51)(H,46,53)(H,47,52)/t32-,33-/m1/s1. The van der Waals surface area contributed by atoms with Crippen LogP contribution >= 0.6 is 0 Å². The molecule has 4 amide bonds. The van der Waals surface area contributed by atoms with Crippen LogP contribution in [0.15, 0.2) is 83.3 Å². The molecule has 3 aromatic carbocycles. The number of nitrogens with one attached hydrogen (secondary N) is 3. The average molecular weight is 821 g/mol. The number of hydrogen-bond acceptors (Lipinski definition) is 11. The van der Waals surface area contributed by atoms with Gasteiger partial charge in [-0.2, -0.15) is 0 Å². The van der Waals surface area contributed by atoms with Gasteiger partial charge in [-0.15, -0.1) is 0 Å². The molecule has 4 rings (SSSR count). The third-order valence-electron chi connectivity index (χ3n) is 9.07. The number of esters is 2. The first kappa shape index (κ1) is 45.1. The van der Waals surface area contributed by atoms with Crippen molar-refractivity contribution in [3.63, 3.8) is 0 Å². The Morgan fingerprint density at radius 2 is 1.51 bits per heavy atom. The van der Waals surface area contributed by atoms with Gasteiger partial charge in [-0.1, -0.05) is 43.3 Å². The lowest BCUT2D eigenvalue weighted by Gasteiger charge is -2.25. The molecular weight excluding hydrogens is 774 g/mol. The Bertz CT molecular complexity index is 2080. The molecule has 0 bridgehead atoms. The van der Waals surface area contributed by atoms with Crippen LogP contribution in [0.1, 0.15) is 58.7 Å². The number of hydrogen-bond donors (Lipinski definition) is 3. The lowest BCUT2D eigenvalue weighted by atomic mass is 9.84. The highest BCUT2D eigenvalue weighted by Gasteiger charge is 2.33. The van der Waals surface area contributed by atoms with Gasteiger partial charge in [0.1, 0.15) is 36.2 Å². The number of benzene rings is 3. The molecule has 4 aromatic rings. The fourth-order valence-corrected chi connectivity index (χ4v) is 6.03. The summed E-state index contributed by atoms with van der Waals surface area (Å²) in [4.78, 5) is 84.0. The Morgan fingerprint density at radius 1 is 0.797 bits per heavy atom. The van der Waals surface area contributed by atoms with E-state index >= 15 is 0 Å². The van der Waals surface area contributed by atoms with E-state index in [4.69, 9.17) is 14.0 Å². The molecule has 0 spiro atoms. The van der Waals surface area contributed by atoms with Gasteiger partial charge in [0.15, 0.2) is 5.76 Å². The third-order valence-corrected chi connectivity index (χ3v) is 9.07. The van der Waals surface area contributed by atoms with E-state index in [1.54, 1.807) is 19.9 Å². The van der Waals surface area contributed by atoms with Crippen molar-refractivity contribution in [1.82, 2.24) is 21.0 Å². The first-order chi connectivity index (χ1) is 28.4. The molecule has 3 N–H and O–H groups in total. The van der Waals surface area contributed by atoms with Gasteiger partial charge in [-0.05, 0) is 73.7 Å². The number of amides is 4. The summed E-state index contributed by atoms with van der Waals surface area (Å²) >= 11 is 0. The van der Waals surface area contributed by atoms with Crippen LogP contribution < -0.4 is 20.9 Å². The maximum absolute atomic E-state index is 14.5. The van der Waals surface area contributed by atoms with Crippen LogP contribution in [0.2, 0.25) is 0 Å². The quantitative estimate of drug-likeness (QED) is 0.0598. The molecule has 59 heavy (non-hydrogen) atoms. The van der Waals surface area contributed by atoms with E-state index in [1.165, 1.54) is 30.3 Å². The van der Waals surface area contributed by atoms with Crippen molar-refractivity contribution in [3.8, 4) is 17.1 Å². The van der Waals surface area contributed by atoms with Gasteiger partial charge < -0.3 is 34.2 Å². The van der Waals surface area contributed by atoms with Gasteiger partial charge in [0.05, 0.1) is 40.0 Å². The Kier molecular flexibility index (Phi) is 17.1. The zero-order valence-electron chi connectivity index (χ0n) is 33.0. The number of rotatable bonds is 21. The highest BCUT2D eigenvalue weighted by atomic mass is 19.1. The molecule has 17 heteroatoms. The van der Waals surface area contributed by atoms with Crippen LogP contribution in [-0.2, 0) is 46.5 Å². The van der Waals surface area contributed by atoms with Gasteiger partial charge in [-0.3, -0.25) is 33.6 Å². The number of carbonyl (C=O) groups is 6. The number of aryl methyl sites for hydroxylation is 1. The molecule has 0 fully saturated rings. The second-order valence-corrected chi connectivity index (χ2v) is 13.0. The predicted octanol–water partition coefficient (Wildman–Crippen LogP) is 4.74. The van der Waals surface area contributed by atoms with Gasteiger partial charge in [0.2, 0.25) is 11.8 Å². The smallest absolute Gasteiger partial charge is 0.325 e. The first-order valence-electron chi connectivity index (χ1n) is 18.6. The summed E-state index contributed by atoms with van der Waals surface area (Å²) in [5.41, 5.74) is 3.71. The minimum absolute atomic E-state index is 0.00290. The molecule has 1 aromatic heterocycles. The number of carbonyl (C=O) groups excluding carboxylic acids is 6. The molecule has 0 unspecified atom stereocenters. The van der Waals surface area contributed by atoms with Gasteiger partial charge in [0.25, 0.3) is 11.8 Å². The Balaban J connectivity index is 1.46. The van der Waals surface area contributed by atoms with Gasteiger partial charge >= 0.3 is 11.9 Å². The largest absolute Gasteiger partial charge is 0.494 e. The fraction of sp³-hybridized carbons (Fsp3) is 0.333. The number of ether oxygens (including phenoxy) is 3. The molecule has 15 nitrogen and oxygen atoms in total. The van der Waals surface area contributed by atoms with E-state index in [2.05, 4.69) is 25.6 Å². The molecule has 0 aliphatic heterocycles. The maximum atomic E-state index is 14.5. The monoisotopic (exact) mass is 820 g/mol. The normalized spacial score (nSPS) is 11.8. The highest BCUT2D eigenvalue weighted by molar-refractivity contribution is 5.99. The van der Waals surface area contributed by atoms with Crippen LogP contribution in [0, 0.1) is 23.5 Å². The van der Waals surface area contributed by atoms with Crippen LogP contribution in [-0.4, -0.2) is 81.1 Å². The van der Waals surface area contributed by atoms with Crippen molar-refractivity contribution in [2.24, 2.45) is 11.8 Å². The minimum Gasteiger partial charge on any atom is -0.494 e. The van der Waals surface area contributed by atoms with E-state index in [0.717, 1.165) is 36.8 Å². The number of hydroxylamine groups is 1. The summed E-state index contributed by atoms with van der Waals surface area (Å²) in [6.45, 7) is 2.29. The lowest BCUT2D eigenvalue weighted by molar-refractivity contribution is -0.145. The van der Waals surface area contributed by atoms with Crippen molar-refractivity contribution in [2.75, 3.05) is 40.6 Å². The van der Waals surface area contributed by atoms with Crippen molar-refractivity contribution >= 4 is 35.6 Å². The van der Waals surface area contributed by atoms with Crippen molar-refractivity contribution in [2.45, 2.75) is 39.7 Å². The molecule has 1 heterocycles. The minimum atomic E-state index is -1.01. The van der Waals surface area contributed by atoms with E-state index < -0.39 is 72.1 Å². The first-order valence-corrected chi connectivity index (χ1v) is 18.6. The molecular formula is C42H46F2N4O11. The van der Waals surface area contributed by atoms with Gasteiger partial charge in [0, 0.05) is 23.1 Å². The summed E-state index contributed by atoms with van der Waals surface area (Å²) in [6.07, 6.45) is 0.216. The fourth-order valence-electron chi connectivity index (χ4n) is 6.03. The van der Waals surface area contributed by atoms with E-state index in [-0.39, 0.29) is 67.5 Å². The summed E-state index contributed by atoms with van der Waals surface area (Å²) in [5, 5.41) is 5.15. The zero-order chi connectivity index (χ0) is 42.9. The molecule has 2 atom stereocenters. The van der Waals surface area contributed by atoms with Gasteiger partial charge in [-0.25, -0.2) is 14.3 Å².